The third-order valence-electron chi connectivity index (χ3n) is 3.55. The lowest BCUT2D eigenvalue weighted by atomic mass is 10.0. The Morgan fingerprint density at radius 2 is 1.80 bits per heavy atom. The Labute approximate surface area is 120 Å². The van der Waals surface area contributed by atoms with Gasteiger partial charge in [-0.1, -0.05) is 50.1 Å². The molecule has 0 aliphatic heterocycles. The van der Waals surface area contributed by atoms with E-state index in [1.54, 1.807) is 6.07 Å². The summed E-state index contributed by atoms with van der Waals surface area (Å²) in [7, 11) is -3.25. The van der Waals surface area contributed by atoms with Crippen LogP contribution in [0.25, 0.3) is 10.8 Å². The molecule has 0 aromatic heterocycles. The second-order valence-electron chi connectivity index (χ2n) is 4.99. The zero-order valence-corrected chi connectivity index (χ0v) is 12.6. The predicted octanol–water partition coefficient (Wildman–Crippen LogP) is 3.26. The Kier molecular flexibility index (Phi) is 4.78. The van der Waals surface area contributed by atoms with Gasteiger partial charge in [0.1, 0.15) is 0 Å². The Morgan fingerprint density at radius 1 is 1.05 bits per heavy atom. The molecule has 2 aromatic rings. The highest BCUT2D eigenvalue weighted by Crippen LogP contribution is 2.26. The fourth-order valence-electron chi connectivity index (χ4n) is 2.47. The van der Waals surface area contributed by atoms with Crippen molar-refractivity contribution in [2.75, 3.05) is 5.75 Å². The van der Waals surface area contributed by atoms with Gasteiger partial charge in [0.25, 0.3) is 0 Å². The Balaban J connectivity index is 2.48. The van der Waals surface area contributed by atoms with Crippen LogP contribution in [0.15, 0.2) is 41.3 Å². The topological polar surface area (TPSA) is 60.2 Å². The van der Waals surface area contributed by atoms with Gasteiger partial charge in [0, 0.05) is 6.54 Å². The summed E-state index contributed by atoms with van der Waals surface area (Å²) in [5.41, 5.74) is 6.54. The third kappa shape index (κ3) is 3.02. The van der Waals surface area contributed by atoms with Crippen LogP contribution in [0.4, 0.5) is 0 Å². The number of rotatable bonds is 6. The molecule has 0 spiro atoms. The van der Waals surface area contributed by atoms with Gasteiger partial charge in [-0.05, 0) is 28.8 Å². The maximum atomic E-state index is 12.5. The van der Waals surface area contributed by atoms with Crippen molar-refractivity contribution in [2.24, 2.45) is 5.73 Å². The van der Waals surface area contributed by atoms with E-state index in [0.29, 0.717) is 11.3 Å². The van der Waals surface area contributed by atoms with Gasteiger partial charge in [-0.25, -0.2) is 8.42 Å². The molecule has 0 saturated heterocycles. The maximum Gasteiger partial charge on any atom is 0.178 e. The SMILES string of the molecule is CCCCCS(=O)(=O)c1ccc2ccccc2c1CN. The van der Waals surface area contributed by atoms with Crippen LogP contribution in [0, 0.1) is 0 Å². The molecule has 0 unspecified atom stereocenters. The van der Waals surface area contributed by atoms with E-state index in [-0.39, 0.29) is 12.3 Å². The zero-order valence-electron chi connectivity index (χ0n) is 11.8. The largest absolute Gasteiger partial charge is 0.326 e. The molecule has 0 radical (unpaired) electrons. The number of hydrogen-bond acceptors (Lipinski definition) is 3. The minimum atomic E-state index is -3.25. The minimum Gasteiger partial charge on any atom is -0.326 e. The van der Waals surface area contributed by atoms with Crippen molar-refractivity contribution in [1.29, 1.82) is 0 Å². The van der Waals surface area contributed by atoms with Crippen molar-refractivity contribution >= 4 is 20.6 Å². The van der Waals surface area contributed by atoms with Crippen LogP contribution in [-0.4, -0.2) is 14.2 Å². The highest BCUT2D eigenvalue weighted by molar-refractivity contribution is 7.91. The Morgan fingerprint density at radius 3 is 2.50 bits per heavy atom. The lowest BCUT2D eigenvalue weighted by Crippen LogP contribution is -2.12. The van der Waals surface area contributed by atoms with Gasteiger partial charge in [0.15, 0.2) is 9.84 Å². The average molecular weight is 291 g/mol. The van der Waals surface area contributed by atoms with Crippen molar-refractivity contribution in [1.82, 2.24) is 0 Å². The number of sulfone groups is 1. The molecule has 2 rings (SSSR count). The van der Waals surface area contributed by atoms with Crippen LogP contribution < -0.4 is 5.73 Å². The Bertz CT molecular complexity index is 693. The first-order chi connectivity index (χ1) is 9.60. The standard InChI is InChI=1S/C16H21NO2S/c1-2-3-6-11-20(18,19)16-10-9-13-7-4-5-8-14(13)15(16)12-17/h4-5,7-10H,2-3,6,11-12,17H2,1H3. The summed E-state index contributed by atoms with van der Waals surface area (Å²) >= 11 is 0. The molecule has 2 N–H and O–H groups in total. The van der Waals surface area contributed by atoms with Crippen molar-refractivity contribution in [3.63, 3.8) is 0 Å². The fraction of sp³-hybridized carbons (Fsp3) is 0.375. The molecule has 3 nitrogen and oxygen atoms in total. The molecule has 0 aliphatic rings. The summed E-state index contributed by atoms with van der Waals surface area (Å²) in [6, 6.07) is 11.3. The van der Waals surface area contributed by atoms with Crippen LogP contribution >= 0.6 is 0 Å². The summed E-state index contributed by atoms with van der Waals surface area (Å²) in [5.74, 6) is 0.201. The van der Waals surface area contributed by atoms with Gasteiger partial charge >= 0.3 is 0 Å². The van der Waals surface area contributed by atoms with Gasteiger partial charge in [0.2, 0.25) is 0 Å². The lowest BCUT2D eigenvalue weighted by molar-refractivity contribution is 0.590. The Hall–Kier alpha value is -1.39. The summed E-state index contributed by atoms with van der Waals surface area (Å²) < 4.78 is 24.9. The maximum absolute atomic E-state index is 12.5. The molecular formula is C16H21NO2S. The van der Waals surface area contributed by atoms with Crippen molar-refractivity contribution < 1.29 is 8.42 Å². The molecule has 2 aromatic carbocycles. The fourth-order valence-corrected chi connectivity index (χ4v) is 4.12. The smallest absolute Gasteiger partial charge is 0.178 e. The lowest BCUT2D eigenvalue weighted by Gasteiger charge is -2.12. The van der Waals surface area contributed by atoms with Gasteiger partial charge in [0.05, 0.1) is 10.6 Å². The van der Waals surface area contributed by atoms with Crippen molar-refractivity contribution in [3.05, 3.63) is 42.0 Å². The molecule has 108 valence electrons. The molecule has 0 fully saturated rings. The minimum absolute atomic E-state index is 0.201. The first-order valence-electron chi connectivity index (χ1n) is 7.03. The summed E-state index contributed by atoms with van der Waals surface area (Å²) in [6.45, 7) is 2.30. The van der Waals surface area contributed by atoms with Crippen LogP contribution in [-0.2, 0) is 16.4 Å². The number of fused-ring (bicyclic) bond motifs is 1. The zero-order chi connectivity index (χ0) is 14.6. The van der Waals surface area contributed by atoms with E-state index in [1.165, 1.54) is 0 Å². The first-order valence-corrected chi connectivity index (χ1v) is 8.69. The van der Waals surface area contributed by atoms with Crippen molar-refractivity contribution in [3.8, 4) is 0 Å². The van der Waals surface area contributed by atoms with Gasteiger partial charge < -0.3 is 5.73 Å². The van der Waals surface area contributed by atoms with E-state index >= 15 is 0 Å². The highest BCUT2D eigenvalue weighted by Gasteiger charge is 2.19. The van der Waals surface area contributed by atoms with E-state index in [0.717, 1.165) is 29.2 Å². The summed E-state index contributed by atoms with van der Waals surface area (Å²) in [4.78, 5) is 0.398. The quantitative estimate of drug-likeness (QED) is 0.831. The molecule has 20 heavy (non-hydrogen) atoms. The van der Waals surface area contributed by atoms with E-state index in [9.17, 15) is 8.42 Å². The molecule has 0 saturated carbocycles. The average Bonchev–Trinajstić information content (AvgIpc) is 2.46. The van der Waals surface area contributed by atoms with E-state index < -0.39 is 9.84 Å². The van der Waals surface area contributed by atoms with Crippen LogP contribution in [0.1, 0.15) is 31.7 Å². The summed E-state index contributed by atoms with van der Waals surface area (Å²) in [6.07, 6.45) is 2.65. The van der Waals surface area contributed by atoms with Gasteiger partial charge in [-0.3, -0.25) is 0 Å². The number of unbranched alkanes of at least 4 members (excludes halogenated alkanes) is 2. The molecular weight excluding hydrogens is 270 g/mol. The second kappa shape index (κ2) is 6.37. The molecule has 0 atom stereocenters. The normalized spacial score (nSPS) is 11.9. The van der Waals surface area contributed by atoms with E-state index in [2.05, 4.69) is 6.92 Å². The molecule has 0 aliphatic carbocycles. The van der Waals surface area contributed by atoms with Crippen molar-refractivity contribution in [2.45, 2.75) is 37.6 Å². The van der Waals surface area contributed by atoms with Crippen LogP contribution in [0.2, 0.25) is 0 Å². The molecule has 0 bridgehead atoms. The first kappa shape index (κ1) is 15.0. The van der Waals surface area contributed by atoms with Crippen LogP contribution in [0.5, 0.6) is 0 Å². The van der Waals surface area contributed by atoms with Gasteiger partial charge in [-0.2, -0.15) is 0 Å². The number of hydrogen-bond donors (Lipinski definition) is 1. The number of nitrogens with two attached hydrogens (primary N) is 1. The predicted molar refractivity (Wildman–Crippen MR) is 83.4 cm³/mol. The van der Waals surface area contributed by atoms with E-state index in [1.807, 2.05) is 30.3 Å². The molecule has 0 heterocycles. The van der Waals surface area contributed by atoms with Gasteiger partial charge in [-0.15, -0.1) is 0 Å². The monoisotopic (exact) mass is 291 g/mol. The van der Waals surface area contributed by atoms with E-state index in [4.69, 9.17) is 5.73 Å². The molecule has 4 heteroatoms. The third-order valence-corrected chi connectivity index (χ3v) is 5.43. The highest BCUT2D eigenvalue weighted by atomic mass is 32.2. The summed E-state index contributed by atoms with van der Waals surface area (Å²) in [5, 5.41) is 1.96. The molecule has 0 amide bonds. The second-order valence-corrected chi connectivity index (χ2v) is 7.07. The van der Waals surface area contributed by atoms with Crippen LogP contribution in [0.3, 0.4) is 0 Å². The number of benzene rings is 2.